The van der Waals surface area contributed by atoms with E-state index in [9.17, 15) is 14.4 Å². The van der Waals surface area contributed by atoms with Crippen molar-refractivity contribution in [2.24, 2.45) is 11.7 Å². The highest BCUT2D eigenvalue weighted by atomic mass is 32.1. The molecule has 156 valence electrons. The molecule has 1 aliphatic rings. The molecule has 3 heterocycles. The fourth-order valence-electron chi connectivity index (χ4n) is 3.38. The summed E-state index contributed by atoms with van der Waals surface area (Å²) < 4.78 is 0. The molecule has 4 amide bonds. The number of piperidine rings is 1. The number of carbonyl (C=O) groups is 3. The number of thiazole rings is 1. The molecule has 0 atom stereocenters. The molecule has 0 saturated carbocycles. The zero-order valence-corrected chi connectivity index (χ0v) is 17.4. The largest absolute Gasteiger partial charge is 0.364 e. The molecule has 0 aromatic carbocycles. The Morgan fingerprint density at radius 2 is 2.00 bits per heavy atom. The number of likely N-dealkylation sites (tertiary alicyclic amines) is 1. The van der Waals surface area contributed by atoms with Gasteiger partial charge in [-0.1, -0.05) is 0 Å². The van der Waals surface area contributed by atoms with Gasteiger partial charge in [0.25, 0.3) is 5.91 Å². The van der Waals surface area contributed by atoms with Crippen LogP contribution in [0.15, 0.2) is 17.6 Å². The Morgan fingerprint density at radius 3 is 2.59 bits per heavy atom. The van der Waals surface area contributed by atoms with Crippen molar-refractivity contribution < 1.29 is 14.4 Å². The molecule has 29 heavy (non-hydrogen) atoms. The Labute approximate surface area is 173 Å². The van der Waals surface area contributed by atoms with E-state index in [1.165, 1.54) is 11.3 Å². The first-order valence-corrected chi connectivity index (χ1v) is 10.6. The summed E-state index contributed by atoms with van der Waals surface area (Å²) in [4.78, 5) is 47.1. The van der Waals surface area contributed by atoms with Crippen LogP contribution >= 0.6 is 11.3 Å². The summed E-state index contributed by atoms with van der Waals surface area (Å²) in [6.45, 7) is 6.46. The van der Waals surface area contributed by atoms with Gasteiger partial charge < -0.3 is 25.8 Å². The molecule has 0 aliphatic carbocycles. The Bertz CT molecular complexity index is 880. The predicted octanol–water partition coefficient (Wildman–Crippen LogP) is 2.35. The van der Waals surface area contributed by atoms with Crippen LogP contribution in [0.3, 0.4) is 0 Å². The van der Waals surface area contributed by atoms with E-state index in [0.717, 1.165) is 5.56 Å². The first-order chi connectivity index (χ1) is 13.9. The van der Waals surface area contributed by atoms with Gasteiger partial charge in [0.1, 0.15) is 5.69 Å². The van der Waals surface area contributed by atoms with Gasteiger partial charge in [0, 0.05) is 49.2 Å². The third-order valence-electron chi connectivity index (χ3n) is 5.15. The van der Waals surface area contributed by atoms with Gasteiger partial charge in [0.15, 0.2) is 5.13 Å². The Balaban J connectivity index is 1.54. The molecule has 1 saturated heterocycles. The lowest BCUT2D eigenvalue weighted by atomic mass is 9.96. The highest BCUT2D eigenvalue weighted by Gasteiger charge is 2.29. The predicted molar refractivity (Wildman–Crippen MR) is 112 cm³/mol. The van der Waals surface area contributed by atoms with Gasteiger partial charge in [-0.05, 0) is 32.8 Å². The summed E-state index contributed by atoms with van der Waals surface area (Å²) in [6.07, 6.45) is 2.93. The van der Waals surface area contributed by atoms with Crippen LogP contribution < -0.4 is 11.1 Å². The number of amides is 4. The van der Waals surface area contributed by atoms with Crippen molar-refractivity contribution in [2.75, 3.05) is 31.5 Å². The number of aromatic nitrogens is 2. The number of urea groups is 1. The average molecular weight is 419 g/mol. The highest BCUT2D eigenvalue weighted by molar-refractivity contribution is 7.14. The van der Waals surface area contributed by atoms with Crippen molar-refractivity contribution in [1.29, 1.82) is 0 Å². The maximum Gasteiger partial charge on any atom is 0.319 e. The van der Waals surface area contributed by atoms with Crippen LogP contribution in [0.1, 0.15) is 37.2 Å². The number of H-pyrrole nitrogens is 1. The summed E-state index contributed by atoms with van der Waals surface area (Å²) in [7, 11) is 0. The van der Waals surface area contributed by atoms with Gasteiger partial charge in [-0.15, -0.1) is 11.3 Å². The fourth-order valence-corrected chi connectivity index (χ4v) is 4.11. The zero-order chi connectivity index (χ0) is 21.0. The lowest BCUT2D eigenvalue weighted by Crippen LogP contribution is -2.47. The third kappa shape index (κ3) is 4.76. The number of primary amides is 1. The number of hydrogen-bond donors (Lipinski definition) is 3. The van der Waals surface area contributed by atoms with Crippen LogP contribution in [0, 0.1) is 5.92 Å². The van der Waals surface area contributed by atoms with Crippen molar-refractivity contribution in [3.05, 3.63) is 23.3 Å². The summed E-state index contributed by atoms with van der Waals surface area (Å²) >= 11 is 1.33. The maximum absolute atomic E-state index is 12.6. The maximum atomic E-state index is 12.6. The number of rotatable bonds is 6. The van der Waals surface area contributed by atoms with E-state index in [2.05, 4.69) is 15.3 Å². The van der Waals surface area contributed by atoms with E-state index in [1.807, 2.05) is 24.1 Å². The fraction of sp³-hybridized carbons (Fsp3) is 0.474. The molecule has 0 spiro atoms. The molecule has 10 heteroatoms. The van der Waals surface area contributed by atoms with Crippen LogP contribution in [0.5, 0.6) is 0 Å². The van der Waals surface area contributed by atoms with E-state index in [4.69, 9.17) is 5.73 Å². The topological polar surface area (TPSA) is 124 Å². The van der Waals surface area contributed by atoms with Gasteiger partial charge >= 0.3 is 6.03 Å². The van der Waals surface area contributed by atoms with Crippen molar-refractivity contribution >= 4 is 34.3 Å². The monoisotopic (exact) mass is 418 g/mol. The summed E-state index contributed by atoms with van der Waals surface area (Å²) in [5.41, 5.74) is 6.95. The van der Waals surface area contributed by atoms with Crippen molar-refractivity contribution in [3.8, 4) is 11.3 Å². The van der Waals surface area contributed by atoms with Crippen LogP contribution in [0.25, 0.3) is 11.3 Å². The second-order valence-electron chi connectivity index (χ2n) is 6.91. The normalized spacial score (nSPS) is 14.6. The second kappa shape index (κ2) is 9.08. The van der Waals surface area contributed by atoms with Crippen LogP contribution in [0.2, 0.25) is 0 Å². The van der Waals surface area contributed by atoms with E-state index in [-0.39, 0.29) is 17.9 Å². The molecule has 4 N–H and O–H groups in total. The minimum atomic E-state index is -0.536. The van der Waals surface area contributed by atoms with Gasteiger partial charge in [0.05, 0.1) is 5.69 Å². The molecule has 2 aromatic rings. The number of aromatic amines is 1. The number of nitrogens with two attached hydrogens (primary N) is 1. The van der Waals surface area contributed by atoms with E-state index in [0.29, 0.717) is 55.5 Å². The first kappa shape index (κ1) is 20.8. The highest BCUT2D eigenvalue weighted by Crippen LogP contribution is 2.27. The molecule has 9 nitrogen and oxygen atoms in total. The lowest BCUT2D eigenvalue weighted by molar-refractivity contribution is -0.121. The number of hydrogen-bond acceptors (Lipinski definition) is 5. The number of nitrogens with one attached hydrogen (secondary N) is 2. The first-order valence-electron chi connectivity index (χ1n) is 9.71. The lowest BCUT2D eigenvalue weighted by Gasteiger charge is -2.34. The van der Waals surface area contributed by atoms with Gasteiger partial charge in [0.2, 0.25) is 5.91 Å². The molecule has 3 rings (SSSR count). The minimum absolute atomic E-state index is 0.0419. The Morgan fingerprint density at radius 1 is 1.31 bits per heavy atom. The quantitative estimate of drug-likeness (QED) is 0.666. The summed E-state index contributed by atoms with van der Waals surface area (Å²) in [5.74, 6) is -0.754. The van der Waals surface area contributed by atoms with Crippen LogP contribution in [-0.2, 0) is 4.79 Å². The van der Waals surface area contributed by atoms with Crippen LogP contribution in [-0.4, -0.2) is 63.8 Å². The SMILES string of the molecule is CCN(CC)C(=O)N1CCC(C(=O)Nc2nc(-c3c[nH]c(C(N)=O)c3)cs2)CC1. The molecular formula is C19H26N6O3S. The third-order valence-corrected chi connectivity index (χ3v) is 5.91. The van der Waals surface area contributed by atoms with E-state index in [1.54, 1.807) is 17.2 Å². The zero-order valence-electron chi connectivity index (χ0n) is 16.6. The molecule has 1 fully saturated rings. The molecule has 1 aliphatic heterocycles. The van der Waals surface area contributed by atoms with Gasteiger partial charge in [-0.25, -0.2) is 9.78 Å². The molecular weight excluding hydrogens is 392 g/mol. The van der Waals surface area contributed by atoms with Gasteiger partial charge in [-0.3, -0.25) is 9.59 Å². The summed E-state index contributed by atoms with van der Waals surface area (Å²) in [5, 5.41) is 5.20. The van der Waals surface area contributed by atoms with Crippen molar-refractivity contribution in [1.82, 2.24) is 19.8 Å². The van der Waals surface area contributed by atoms with E-state index < -0.39 is 5.91 Å². The number of anilines is 1. The van der Waals surface area contributed by atoms with Crippen LogP contribution in [0.4, 0.5) is 9.93 Å². The molecule has 0 radical (unpaired) electrons. The number of nitrogens with zero attached hydrogens (tertiary/aromatic N) is 3. The second-order valence-corrected chi connectivity index (χ2v) is 7.77. The Hall–Kier alpha value is -2.88. The smallest absolute Gasteiger partial charge is 0.319 e. The summed E-state index contributed by atoms with van der Waals surface area (Å²) in [6, 6.07) is 1.67. The van der Waals surface area contributed by atoms with Crippen molar-refractivity contribution in [3.63, 3.8) is 0 Å². The minimum Gasteiger partial charge on any atom is -0.364 e. The molecule has 0 bridgehead atoms. The van der Waals surface area contributed by atoms with E-state index >= 15 is 0 Å². The Kier molecular flexibility index (Phi) is 6.53. The molecule has 0 unspecified atom stereocenters. The van der Waals surface area contributed by atoms with Crippen molar-refractivity contribution in [2.45, 2.75) is 26.7 Å². The standard InChI is InChI=1S/C19H26N6O3S/c1-3-24(4-2)19(28)25-7-5-12(6-8-25)17(27)23-18-22-15(11-29-18)13-9-14(16(20)26)21-10-13/h9-12,21H,3-8H2,1-2H3,(H2,20,26)(H,22,23,27). The molecule has 2 aromatic heterocycles. The number of carbonyl (C=O) groups excluding carboxylic acids is 3. The van der Waals surface area contributed by atoms with Gasteiger partial charge in [-0.2, -0.15) is 0 Å². The average Bonchev–Trinajstić information content (AvgIpc) is 3.38.